The molecule has 7 nitrogen and oxygen atoms in total. The molecule has 0 fully saturated rings. The number of hydrogen-bond donors (Lipinski definition) is 1. The SMILES string of the molecule is CCc1cccc(CC)c1Cc1cc(OCP(=O)(OC)OC)c(NC(=O)C=O)cc1C. The average molecular weight is 447 g/mol. The van der Waals surface area contributed by atoms with E-state index in [1.54, 1.807) is 12.1 Å². The van der Waals surface area contributed by atoms with Gasteiger partial charge < -0.3 is 19.1 Å². The number of aryl methyl sites for hydroxylation is 3. The Morgan fingerprint density at radius 1 is 1.06 bits per heavy atom. The maximum Gasteiger partial charge on any atom is 0.367 e. The predicted molar refractivity (Wildman–Crippen MR) is 121 cm³/mol. The normalized spacial score (nSPS) is 11.3. The quantitative estimate of drug-likeness (QED) is 0.306. The van der Waals surface area contributed by atoms with Gasteiger partial charge in [-0.2, -0.15) is 0 Å². The minimum absolute atomic E-state index is 0.188. The lowest BCUT2D eigenvalue weighted by molar-refractivity contribution is -0.127. The van der Waals surface area contributed by atoms with Crippen molar-refractivity contribution in [2.75, 3.05) is 25.9 Å². The van der Waals surface area contributed by atoms with Crippen molar-refractivity contribution in [2.24, 2.45) is 0 Å². The Hall–Kier alpha value is -2.47. The molecule has 2 aromatic rings. The topological polar surface area (TPSA) is 90.9 Å². The van der Waals surface area contributed by atoms with Crippen LogP contribution in [0, 0.1) is 6.92 Å². The van der Waals surface area contributed by atoms with E-state index in [1.807, 2.05) is 6.92 Å². The number of rotatable bonds is 11. The molecule has 0 saturated carbocycles. The summed E-state index contributed by atoms with van der Waals surface area (Å²) < 4.78 is 28.0. The monoisotopic (exact) mass is 447 g/mol. The summed E-state index contributed by atoms with van der Waals surface area (Å²) in [4.78, 5) is 22.5. The van der Waals surface area contributed by atoms with Crippen molar-refractivity contribution in [3.05, 3.63) is 58.1 Å². The minimum atomic E-state index is -3.43. The second-order valence-electron chi connectivity index (χ2n) is 7.07. The molecule has 0 aromatic heterocycles. The second kappa shape index (κ2) is 11.2. The van der Waals surface area contributed by atoms with Gasteiger partial charge in [0.05, 0.1) is 5.69 Å². The first-order valence-corrected chi connectivity index (χ1v) is 11.9. The molecule has 2 rings (SSSR count). The van der Waals surface area contributed by atoms with Crippen molar-refractivity contribution in [3.8, 4) is 5.75 Å². The van der Waals surface area contributed by atoms with Crippen LogP contribution < -0.4 is 10.1 Å². The van der Waals surface area contributed by atoms with E-state index < -0.39 is 13.5 Å². The van der Waals surface area contributed by atoms with Gasteiger partial charge in [-0.05, 0) is 66.1 Å². The van der Waals surface area contributed by atoms with Gasteiger partial charge in [0.25, 0.3) is 5.91 Å². The lowest BCUT2D eigenvalue weighted by Crippen LogP contribution is -2.14. The summed E-state index contributed by atoms with van der Waals surface area (Å²) in [5, 5.41) is 2.51. The van der Waals surface area contributed by atoms with Gasteiger partial charge in [-0.15, -0.1) is 0 Å². The van der Waals surface area contributed by atoms with E-state index in [2.05, 4.69) is 37.4 Å². The van der Waals surface area contributed by atoms with Crippen LogP contribution in [0.25, 0.3) is 0 Å². The Morgan fingerprint density at radius 2 is 1.68 bits per heavy atom. The van der Waals surface area contributed by atoms with E-state index >= 15 is 0 Å². The summed E-state index contributed by atoms with van der Waals surface area (Å²) in [6.45, 7) is 6.20. The summed E-state index contributed by atoms with van der Waals surface area (Å²) in [5.41, 5.74) is 6.08. The molecule has 0 saturated heterocycles. The number of anilines is 1. The largest absolute Gasteiger partial charge is 0.479 e. The minimum Gasteiger partial charge on any atom is -0.479 e. The van der Waals surface area contributed by atoms with Crippen LogP contribution in [-0.4, -0.2) is 32.8 Å². The molecule has 0 unspecified atom stereocenters. The molecule has 0 spiro atoms. The van der Waals surface area contributed by atoms with Gasteiger partial charge in [-0.25, -0.2) is 0 Å². The van der Waals surface area contributed by atoms with Crippen LogP contribution in [-0.2, 0) is 42.5 Å². The number of aldehydes is 1. The van der Waals surface area contributed by atoms with Crippen molar-refractivity contribution in [1.82, 2.24) is 0 Å². The van der Waals surface area contributed by atoms with Gasteiger partial charge in [0, 0.05) is 14.2 Å². The number of amides is 1. The highest BCUT2D eigenvalue weighted by atomic mass is 31.2. The molecule has 1 amide bonds. The van der Waals surface area contributed by atoms with Crippen molar-refractivity contribution in [2.45, 2.75) is 40.0 Å². The summed E-state index contributed by atoms with van der Waals surface area (Å²) in [6.07, 6.45) is 2.38. The molecule has 1 N–H and O–H groups in total. The smallest absolute Gasteiger partial charge is 0.367 e. The number of carbonyl (C=O) groups excluding carboxylic acids is 2. The van der Waals surface area contributed by atoms with Crippen molar-refractivity contribution < 1.29 is 27.9 Å². The summed E-state index contributed by atoms with van der Waals surface area (Å²) >= 11 is 0. The first-order valence-electron chi connectivity index (χ1n) is 10.1. The number of nitrogens with one attached hydrogen (secondary N) is 1. The molecule has 31 heavy (non-hydrogen) atoms. The van der Waals surface area contributed by atoms with Gasteiger partial charge in [-0.3, -0.25) is 14.2 Å². The van der Waals surface area contributed by atoms with Gasteiger partial charge in [-0.1, -0.05) is 32.0 Å². The van der Waals surface area contributed by atoms with Crippen LogP contribution in [0.3, 0.4) is 0 Å². The first-order chi connectivity index (χ1) is 14.8. The zero-order chi connectivity index (χ0) is 23.0. The molecule has 0 atom stereocenters. The Bertz CT molecular complexity index is 958. The fourth-order valence-electron chi connectivity index (χ4n) is 3.40. The number of ether oxygens (including phenoxy) is 1. The van der Waals surface area contributed by atoms with E-state index in [9.17, 15) is 14.2 Å². The fourth-order valence-corrected chi connectivity index (χ4v) is 4.05. The van der Waals surface area contributed by atoms with Gasteiger partial charge >= 0.3 is 7.60 Å². The predicted octanol–water partition coefficient (Wildman–Crippen LogP) is 4.67. The average Bonchev–Trinajstić information content (AvgIpc) is 2.79. The van der Waals surface area contributed by atoms with Gasteiger partial charge in [0.1, 0.15) is 5.75 Å². The number of benzene rings is 2. The first kappa shape index (κ1) is 24.8. The molecule has 0 aliphatic rings. The highest BCUT2D eigenvalue weighted by molar-refractivity contribution is 7.53. The van der Waals surface area contributed by atoms with Crippen LogP contribution >= 0.6 is 7.60 Å². The summed E-state index contributed by atoms with van der Waals surface area (Å²) in [7, 11) is -0.881. The van der Waals surface area contributed by atoms with Crippen LogP contribution in [0.2, 0.25) is 0 Å². The second-order valence-corrected chi connectivity index (χ2v) is 9.28. The van der Waals surface area contributed by atoms with Crippen molar-refractivity contribution >= 4 is 25.5 Å². The van der Waals surface area contributed by atoms with Crippen LogP contribution in [0.5, 0.6) is 5.75 Å². The van der Waals surface area contributed by atoms with E-state index in [0.717, 1.165) is 24.0 Å². The number of hydrogen-bond acceptors (Lipinski definition) is 6. The maximum absolute atomic E-state index is 12.4. The molecule has 8 heteroatoms. The lowest BCUT2D eigenvalue weighted by Gasteiger charge is -2.20. The third kappa shape index (κ3) is 6.26. The Kier molecular flexibility index (Phi) is 8.99. The highest BCUT2D eigenvalue weighted by Gasteiger charge is 2.23. The highest BCUT2D eigenvalue weighted by Crippen LogP contribution is 2.47. The summed E-state index contributed by atoms with van der Waals surface area (Å²) in [5.74, 6) is -0.514. The zero-order valence-electron chi connectivity index (χ0n) is 18.7. The third-order valence-corrected chi connectivity index (χ3v) is 6.79. The molecule has 168 valence electrons. The standard InChI is InChI=1S/C23H30NO6P/c1-6-17-9-8-10-18(7-2)20(17)12-19-13-22(30-15-31(27,28-4)29-5)21(11-16(19)3)24-23(26)14-25/h8-11,13-14H,6-7,12,15H2,1-5H3,(H,24,26). The summed E-state index contributed by atoms with van der Waals surface area (Å²) in [6, 6.07) is 9.89. The molecular formula is C23H30NO6P. The van der Waals surface area contributed by atoms with Crippen molar-refractivity contribution in [3.63, 3.8) is 0 Å². The number of carbonyl (C=O) groups is 2. The molecular weight excluding hydrogens is 417 g/mol. The Balaban J connectivity index is 2.49. The van der Waals surface area contributed by atoms with E-state index in [-0.39, 0.29) is 18.4 Å². The Morgan fingerprint density at radius 3 is 2.19 bits per heavy atom. The fraction of sp³-hybridized carbons (Fsp3) is 0.391. The Labute approximate surface area is 183 Å². The van der Waals surface area contributed by atoms with Crippen LogP contribution in [0.1, 0.15) is 41.7 Å². The zero-order valence-corrected chi connectivity index (χ0v) is 19.6. The lowest BCUT2D eigenvalue weighted by atomic mass is 9.90. The molecule has 0 heterocycles. The molecule has 0 aliphatic carbocycles. The van der Waals surface area contributed by atoms with E-state index in [0.29, 0.717) is 12.1 Å². The third-order valence-electron chi connectivity index (χ3n) is 5.24. The van der Waals surface area contributed by atoms with Gasteiger partial charge in [0.2, 0.25) is 6.29 Å². The van der Waals surface area contributed by atoms with Gasteiger partial charge in [0.15, 0.2) is 6.35 Å². The molecule has 0 radical (unpaired) electrons. The molecule has 0 bridgehead atoms. The van der Waals surface area contributed by atoms with Crippen LogP contribution in [0.15, 0.2) is 30.3 Å². The molecule has 0 aliphatic heterocycles. The van der Waals surface area contributed by atoms with E-state index in [4.69, 9.17) is 13.8 Å². The van der Waals surface area contributed by atoms with E-state index in [1.165, 1.54) is 30.9 Å². The van der Waals surface area contributed by atoms with Crippen molar-refractivity contribution in [1.29, 1.82) is 0 Å². The molecule has 2 aromatic carbocycles. The maximum atomic E-state index is 12.4. The van der Waals surface area contributed by atoms with Crippen LogP contribution in [0.4, 0.5) is 5.69 Å².